The van der Waals surface area contributed by atoms with E-state index in [1.165, 1.54) is 0 Å². The highest BCUT2D eigenvalue weighted by molar-refractivity contribution is 5.98. The van der Waals surface area contributed by atoms with Crippen LogP contribution in [-0.4, -0.2) is 22.3 Å². The molecule has 0 spiro atoms. The Morgan fingerprint density at radius 2 is 2.40 bits per heavy atom. The topological polar surface area (TPSA) is 42.4 Å². The van der Waals surface area contributed by atoms with Crippen molar-refractivity contribution in [2.75, 3.05) is 6.54 Å². The number of ether oxygens (including phenoxy) is 1. The second-order valence-electron chi connectivity index (χ2n) is 3.33. The van der Waals surface area contributed by atoms with Crippen LogP contribution in [0.4, 0.5) is 0 Å². The highest BCUT2D eigenvalue weighted by atomic mass is 16.5. The smallest absolute Gasteiger partial charge is 0.264 e. The molecule has 0 fully saturated rings. The molecule has 0 aromatic carbocycles. The zero-order valence-corrected chi connectivity index (χ0v) is 7.88. The molecular weight excluding hydrogens is 192 g/mol. The van der Waals surface area contributed by atoms with Crippen molar-refractivity contribution >= 4 is 5.91 Å². The average Bonchev–Trinajstić information content (AvgIpc) is 2.69. The fourth-order valence-electron chi connectivity index (χ4n) is 1.69. The molecule has 4 heteroatoms. The summed E-state index contributed by atoms with van der Waals surface area (Å²) in [5.41, 5.74) is 1.28. The van der Waals surface area contributed by atoms with Crippen LogP contribution in [0, 0.1) is 0 Å². The number of hydrogen-bond acceptors (Lipinski definition) is 3. The number of pyridine rings is 1. The van der Waals surface area contributed by atoms with E-state index in [-0.39, 0.29) is 5.91 Å². The summed E-state index contributed by atoms with van der Waals surface area (Å²) < 4.78 is 5.35. The van der Waals surface area contributed by atoms with Gasteiger partial charge in [-0.2, -0.15) is 0 Å². The Morgan fingerprint density at radius 1 is 1.47 bits per heavy atom. The molecule has 4 nitrogen and oxygen atoms in total. The Labute approximate surface area is 86.5 Å². The van der Waals surface area contributed by atoms with Gasteiger partial charge in [-0.15, -0.1) is 0 Å². The molecule has 0 saturated carbocycles. The van der Waals surface area contributed by atoms with E-state index in [4.69, 9.17) is 4.74 Å². The molecule has 1 amide bonds. The maximum Gasteiger partial charge on any atom is 0.264 e. The molecule has 0 saturated heterocycles. The number of carbonyl (C=O) groups excluding carboxylic acids is 1. The van der Waals surface area contributed by atoms with Gasteiger partial charge in [0, 0.05) is 12.7 Å². The lowest BCUT2D eigenvalue weighted by Gasteiger charge is -2.14. The molecule has 1 aromatic rings. The highest BCUT2D eigenvalue weighted by Crippen LogP contribution is 2.26. The molecule has 3 rings (SSSR count). The van der Waals surface area contributed by atoms with Gasteiger partial charge in [0.15, 0.2) is 0 Å². The number of carbonyl (C=O) groups is 1. The second kappa shape index (κ2) is 2.95. The number of nitrogens with zero attached hydrogens (tertiary/aromatic N) is 2. The monoisotopic (exact) mass is 200 g/mol. The summed E-state index contributed by atoms with van der Waals surface area (Å²) in [5.74, 6) is 0.310. The quantitative estimate of drug-likeness (QED) is 0.634. The van der Waals surface area contributed by atoms with Gasteiger partial charge in [0.2, 0.25) is 5.88 Å². The zero-order chi connectivity index (χ0) is 10.3. The minimum absolute atomic E-state index is 0.0631. The van der Waals surface area contributed by atoms with Gasteiger partial charge in [-0.1, -0.05) is 6.08 Å². The third kappa shape index (κ3) is 1.15. The molecule has 74 valence electrons. The fraction of sp³-hybridized carbons (Fsp3) is 0.0909. The lowest BCUT2D eigenvalue weighted by atomic mass is 10.2. The Bertz CT molecular complexity index is 491. The van der Waals surface area contributed by atoms with Crippen LogP contribution >= 0.6 is 0 Å². The fourth-order valence-corrected chi connectivity index (χ4v) is 1.69. The number of rotatable bonds is 0. The summed E-state index contributed by atoms with van der Waals surface area (Å²) in [6.07, 6.45) is 6.95. The van der Waals surface area contributed by atoms with Crippen molar-refractivity contribution in [1.82, 2.24) is 9.88 Å². The number of amides is 1. The van der Waals surface area contributed by atoms with E-state index in [9.17, 15) is 4.79 Å². The van der Waals surface area contributed by atoms with Gasteiger partial charge < -0.3 is 9.64 Å². The molecule has 0 N–H and O–H groups in total. The van der Waals surface area contributed by atoms with Crippen LogP contribution in [0.25, 0.3) is 0 Å². The van der Waals surface area contributed by atoms with Crippen molar-refractivity contribution in [2.45, 2.75) is 0 Å². The summed E-state index contributed by atoms with van der Waals surface area (Å²) in [7, 11) is 0. The molecule has 0 radical (unpaired) electrons. The van der Waals surface area contributed by atoms with Crippen LogP contribution in [-0.2, 0) is 0 Å². The second-order valence-corrected chi connectivity index (χ2v) is 3.33. The minimum Gasteiger partial charge on any atom is -0.444 e. The predicted octanol–water partition coefficient (Wildman–Crippen LogP) is 1.33. The molecule has 0 aliphatic carbocycles. The summed E-state index contributed by atoms with van der Waals surface area (Å²) in [6, 6.07) is 3.45. The van der Waals surface area contributed by atoms with Crippen LogP contribution in [0.1, 0.15) is 10.4 Å². The van der Waals surface area contributed by atoms with Crippen molar-refractivity contribution in [3.8, 4) is 5.88 Å². The minimum atomic E-state index is -0.0631. The molecule has 1 aromatic heterocycles. The summed E-state index contributed by atoms with van der Waals surface area (Å²) in [4.78, 5) is 17.7. The van der Waals surface area contributed by atoms with Crippen LogP contribution in [0.3, 0.4) is 0 Å². The van der Waals surface area contributed by atoms with E-state index in [0.717, 1.165) is 5.70 Å². The van der Waals surface area contributed by atoms with Crippen molar-refractivity contribution in [3.63, 3.8) is 0 Å². The average molecular weight is 200 g/mol. The Balaban J connectivity index is 2.14. The first-order valence-corrected chi connectivity index (χ1v) is 4.66. The third-order valence-corrected chi connectivity index (χ3v) is 2.43. The van der Waals surface area contributed by atoms with Crippen molar-refractivity contribution in [3.05, 3.63) is 48.0 Å². The SMILES string of the molecule is O=C1c2cccnc2OC=C2C=CCN12. The van der Waals surface area contributed by atoms with E-state index in [0.29, 0.717) is 18.0 Å². The van der Waals surface area contributed by atoms with Gasteiger partial charge in [0.25, 0.3) is 5.91 Å². The molecule has 2 aliphatic heterocycles. The summed E-state index contributed by atoms with van der Waals surface area (Å²) >= 11 is 0. The Hall–Kier alpha value is -2.10. The summed E-state index contributed by atoms with van der Waals surface area (Å²) in [5, 5.41) is 0. The largest absolute Gasteiger partial charge is 0.444 e. The molecule has 3 heterocycles. The maximum atomic E-state index is 12.0. The molecule has 2 aliphatic rings. The predicted molar refractivity (Wildman–Crippen MR) is 53.1 cm³/mol. The normalized spacial score (nSPS) is 17.7. The third-order valence-electron chi connectivity index (χ3n) is 2.43. The highest BCUT2D eigenvalue weighted by Gasteiger charge is 2.27. The lowest BCUT2D eigenvalue weighted by molar-refractivity contribution is 0.0832. The number of allylic oxidation sites excluding steroid dienone is 1. The van der Waals surface area contributed by atoms with Gasteiger partial charge >= 0.3 is 0 Å². The lowest BCUT2D eigenvalue weighted by Crippen LogP contribution is -2.26. The van der Waals surface area contributed by atoms with Gasteiger partial charge in [0.05, 0.1) is 5.70 Å². The van der Waals surface area contributed by atoms with E-state index >= 15 is 0 Å². The standard InChI is InChI=1S/C11H8N2O2/c14-11-9-4-1-5-12-10(9)15-7-8-3-2-6-13(8)11/h1-5,7H,6H2. The van der Waals surface area contributed by atoms with Crippen LogP contribution in [0.15, 0.2) is 42.4 Å². The van der Waals surface area contributed by atoms with Gasteiger partial charge in [0.1, 0.15) is 11.8 Å². The Kier molecular flexibility index (Phi) is 1.62. The first-order chi connectivity index (χ1) is 7.36. The van der Waals surface area contributed by atoms with Crippen LogP contribution in [0.2, 0.25) is 0 Å². The van der Waals surface area contributed by atoms with E-state index in [2.05, 4.69) is 4.98 Å². The van der Waals surface area contributed by atoms with E-state index in [1.54, 1.807) is 29.5 Å². The van der Waals surface area contributed by atoms with E-state index in [1.807, 2.05) is 12.2 Å². The maximum absolute atomic E-state index is 12.0. The van der Waals surface area contributed by atoms with Crippen LogP contribution in [0.5, 0.6) is 5.88 Å². The first-order valence-electron chi connectivity index (χ1n) is 4.66. The van der Waals surface area contributed by atoms with Crippen molar-refractivity contribution in [1.29, 1.82) is 0 Å². The first kappa shape index (κ1) is 8.23. The van der Waals surface area contributed by atoms with Gasteiger partial charge in [-0.3, -0.25) is 4.79 Å². The summed E-state index contributed by atoms with van der Waals surface area (Å²) in [6.45, 7) is 0.600. The van der Waals surface area contributed by atoms with E-state index < -0.39 is 0 Å². The zero-order valence-electron chi connectivity index (χ0n) is 7.88. The van der Waals surface area contributed by atoms with Crippen molar-refractivity contribution < 1.29 is 9.53 Å². The van der Waals surface area contributed by atoms with Gasteiger partial charge in [-0.25, -0.2) is 4.98 Å². The van der Waals surface area contributed by atoms with Gasteiger partial charge in [-0.05, 0) is 18.2 Å². The number of aromatic nitrogens is 1. The molecule has 0 atom stereocenters. The molecule has 0 unspecified atom stereocenters. The molecule has 0 bridgehead atoms. The number of fused-ring (bicyclic) bond motifs is 2. The Morgan fingerprint density at radius 3 is 3.33 bits per heavy atom. The van der Waals surface area contributed by atoms with Crippen molar-refractivity contribution in [2.24, 2.45) is 0 Å². The van der Waals surface area contributed by atoms with Crippen LogP contribution < -0.4 is 4.74 Å². The molecular formula is C11H8N2O2. The number of hydrogen-bond donors (Lipinski definition) is 0. The molecule has 15 heavy (non-hydrogen) atoms.